The molecular formula is C17H24N2O3. The molecule has 0 spiro atoms. The summed E-state index contributed by atoms with van der Waals surface area (Å²) < 4.78 is 0. The molecule has 2 amide bonds. The van der Waals surface area contributed by atoms with Crippen LogP contribution >= 0.6 is 0 Å². The minimum Gasteiger partial charge on any atom is -0.391 e. The number of aryl methyl sites for hydroxylation is 1. The van der Waals surface area contributed by atoms with Crippen molar-refractivity contribution in [3.05, 3.63) is 29.8 Å². The summed E-state index contributed by atoms with van der Waals surface area (Å²) in [5.41, 5.74) is 2.07. The number of hydrogen-bond donors (Lipinski definition) is 2. The fourth-order valence-corrected chi connectivity index (χ4v) is 2.71. The van der Waals surface area contributed by atoms with E-state index in [1.807, 2.05) is 31.2 Å². The number of anilines is 1. The van der Waals surface area contributed by atoms with Gasteiger partial charge >= 0.3 is 0 Å². The van der Waals surface area contributed by atoms with Gasteiger partial charge in [0.25, 0.3) is 0 Å². The third-order valence-electron chi connectivity index (χ3n) is 3.91. The van der Waals surface area contributed by atoms with Gasteiger partial charge < -0.3 is 15.3 Å². The molecular weight excluding hydrogens is 280 g/mol. The predicted octanol–water partition coefficient (Wildman–Crippen LogP) is 1.63. The summed E-state index contributed by atoms with van der Waals surface area (Å²) in [6, 6.07) is 7.82. The van der Waals surface area contributed by atoms with Crippen LogP contribution < -0.4 is 10.2 Å². The van der Waals surface area contributed by atoms with Crippen molar-refractivity contribution in [3.63, 3.8) is 0 Å². The molecule has 0 saturated carbocycles. The highest BCUT2D eigenvalue weighted by Gasteiger charge is 2.23. The van der Waals surface area contributed by atoms with Crippen LogP contribution in [0.5, 0.6) is 0 Å². The van der Waals surface area contributed by atoms with Crippen molar-refractivity contribution in [1.82, 2.24) is 5.32 Å². The Morgan fingerprint density at radius 1 is 1.36 bits per heavy atom. The lowest BCUT2D eigenvalue weighted by molar-refractivity contribution is -0.121. The molecule has 0 aromatic heterocycles. The van der Waals surface area contributed by atoms with Gasteiger partial charge in [-0.3, -0.25) is 9.59 Å². The van der Waals surface area contributed by atoms with Gasteiger partial charge in [-0.05, 0) is 24.5 Å². The quantitative estimate of drug-likeness (QED) is 0.804. The Morgan fingerprint density at radius 2 is 2.14 bits per heavy atom. The van der Waals surface area contributed by atoms with Crippen molar-refractivity contribution < 1.29 is 14.7 Å². The molecule has 1 atom stereocenters. The first-order valence-electron chi connectivity index (χ1n) is 7.95. The van der Waals surface area contributed by atoms with E-state index < -0.39 is 6.10 Å². The number of nitrogens with zero attached hydrogens (tertiary/aromatic N) is 1. The van der Waals surface area contributed by atoms with Crippen molar-refractivity contribution in [2.45, 2.75) is 45.1 Å². The van der Waals surface area contributed by atoms with Gasteiger partial charge in [-0.1, -0.05) is 31.5 Å². The van der Waals surface area contributed by atoms with Crippen molar-refractivity contribution in [2.75, 3.05) is 18.0 Å². The highest BCUT2D eigenvalue weighted by molar-refractivity contribution is 5.96. The molecule has 1 heterocycles. The van der Waals surface area contributed by atoms with Crippen molar-refractivity contribution in [2.24, 2.45) is 0 Å². The molecule has 1 aromatic carbocycles. The van der Waals surface area contributed by atoms with Gasteiger partial charge in [-0.25, -0.2) is 0 Å². The van der Waals surface area contributed by atoms with Crippen LogP contribution in [0.2, 0.25) is 0 Å². The normalized spacial score (nSPS) is 15.4. The number of carbonyl (C=O) groups excluding carboxylic acids is 2. The molecule has 0 aliphatic carbocycles. The third-order valence-corrected chi connectivity index (χ3v) is 3.91. The van der Waals surface area contributed by atoms with Crippen LogP contribution in [0.1, 0.15) is 38.2 Å². The molecule has 1 aromatic rings. The minimum atomic E-state index is -0.494. The molecule has 5 nitrogen and oxygen atoms in total. The fraction of sp³-hybridized carbons (Fsp3) is 0.529. The average molecular weight is 304 g/mol. The molecule has 1 aliphatic heterocycles. The number of para-hydroxylation sites is 1. The summed E-state index contributed by atoms with van der Waals surface area (Å²) in [7, 11) is 0. The van der Waals surface area contributed by atoms with Crippen LogP contribution in [-0.2, 0) is 16.0 Å². The largest absolute Gasteiger partial charge is 0.391 e. The van der Waals surface area contributed by atoms with Crippen LogP contribution in [0.3, 0.4) is 0 Å². The zero-order valence-corrected chi connectivity index (χ0v) is 13.0. The van der Waals surface area contributed by atoms with Gasteiger partial charge in [0, 0.05) is 31.6 Å². The van der Waals surface area contributed by atoms with Crippen LogP contribution in [-0.4, -0.2) is 36.1 Å². The molecule has 0 bridgehead atoms. The molecule has 5 heteroatoms. The van der Waals surface area contributed by atoms with E-state index in [0.717, 1.165) is 24.1 Å². The lowest BCUT2D eigenvalue weighted by Crippen LogP contribution is -2.39. The van der Waals surface area contributed by atoms with Crippen molar-refractivity contribution >= 4 is 17.5 Å². The highest BCUT2D eigenvalue weighted by Crippen LogP contribution is 2.27. The van der Waals surface area contributed by atoms with Crippen LogP contribution in [0, 0.1) is 0 Å². The Labute approximate surface area is 131 Å². The molecule has 0 radical (unpaired) electrons. The van der Waals surface area contributed by atoms with Crippen molar-refractivity contribution in [3.8, 4) is 0 Å². The summed E-state index contributed by atoms with van der Waals surface area (Å²) in [4.78, 5) is 25.6. The third kappa shape index (κ3) is 4.31. The minimum absolute atomic E-state index is 0.0671. The van der Waals surface area contributed by atoms with E-state index in [0.29, 0.717) is 19.4 Å². The SMILES string of the molecule is CCCC(O)CNC(=O)CCN1C(=O)CCc2ccccc21. The number of carbonyl (C=O) groups is 2. The monoisotopic (exact) mass is 304 g/mol. The Hall–Kier alpha value is -1.88. The number of rotatable bonds is 7. The summed E-state index contributed by atoms with van der Waals surface area (Å²) in [5, 5.41) is 12.3. The summed E-state index contributed by atoms with van der Waals surface area (Å²) in [6.45, 7) is 2.65. The van der Waals surface area contributed by atoms with Crippen LogP contribution in [0.15, 0.2) is 24.3 Å². The molecule has 0 fully saturated rings. The topological polar surface area (TPSA) is 69.6 Å². The molecule has 1 aliphatic rings. The second-order valence-corrected chi connectivity index (χ2v) is 5.67. The zero-order valence-electron chi connectivity index (χ0n) is 13.0. The number of hydrogen-bond acceptors (Lipinski definition) is 3. The number of aliphatic hydroxyl groups excluding tert-OH is 1. The summed E-state index contributed by atoms with van der Waals surface area (Å²) >= 11 is 0. The van der Waals surface area contributed by atoms with E-state index in [9.17, 15) is 14.7 Å². The second kappa shape index (κ2) is 7.94. The summed E-state index contributed by atoms with van der Waals surface area (Å²) in [5.74, 6) is -0.0662. The maximum Gasteiger partial charge on any atom is 0.227 e. The fourth-order valence-electron chi connectivity index (χ4n) is 2.71. The Morgan fingerprint density at radius 3 is 2.91 bits per heavy atom. The number of aliphatic hydroxyl groups is 1. The standard InChI is InChI=1S/C17H24N2O3/c1-2-5-14(20)12-18-16(21)10-11-19-15-7-4-3-6-13(15)8-9-17(19)22/h3-4,6-7,14,20H,2,5,8-12H2,1H3,(H,18,21). The smallest absolute Gasteiger partial charge is 0.227 e. The Bertz CT molecular complexity index is 530. The molecule has 0 saturated heterocycles. The highest BCUT2D eigenvalue weighted by atomic mass is 16.3. The first kappa shape index (κ1) is 16.5. The second-order valence-electron chi connectivity index (χ2n) is 5.67. The predicted molar refractivity (Wildman–Crippen MR) is 85.7 cm³/mol. The van der Waals surface area contributed by atoms with E-state index in [2.05, 4.69) is 5.32 Å². The van der Waals surface area contributed by atoms with E-state index in [1.54, 1.807) is 4.90 Å². The van der Waals surface area contributed by atoms with Gasteiger partial charge in [0.2, 0.25) is 11.8 Å². The van der Waals surface area contributed by atoms with Crippen molar-refractivity contribution in [1.29, 1.82) is 0 Å². The lowest BCUT2D eigenvalue weighted by atomic mass is 10.0. The maximum absolute atomic E-state index is 12.1. The Balaban J connectivity index is 1.86. The van der Waals surface area contributed by atoms with E-state index >= 15 is 0 Å². The zero-order chi connectivity index (χ0) is 15.9. The summed E-state index contributed by atoms with van der Waals surface area (Å²) in [6.07, 6.45) is 2.58. The molecule has 2 rings (SSSR count). The van der Waals surface area contributed by atoms with E-state index in [1.165, 1.54) is 0 Å². The lowest BCUT2D eigenvalue weighted by Gasteiger charge is -2.29. The number of fused-ring (bicyclic) bond motifs is 1. The Kier molecular flexibility index (Phi) is 5.95. The molecule has 1 unspecified atom stereocenters. The van der Waals surface area contributed by atoms with Gasteiger partial charge in [0.05, 0.1) is 6.10 Å². The molecule has 2 N–H and O–H groups in total. The van der Waals surface area contributed by atoms with E-state index in [-0.39, 0.29) is 24.8 Å². The van der Waals surface area contributed by atoms with E-state index in [4.69, 9.17) is 0 Å². The van der Waals surface area contributed by atoms with Crippen LogP contribution in [0.25, 0.3) is 0 Å². The van der Waals surface area contributed by atoms with Gasteiger partial charge in [-0.2, -0.15) is 0 Å². The van der Waals surface area contributed by atoms with Gasteiger partial charge in [0.15, 0.2) is 0 Å². The first-order chi connectivity index (χ1) is 10.6. The molecule has 120 valence electrons. The average Bonchev–Trinajstić information content (AvgIpc) is 2.52. The first-order valence-corrected chi connectivity index (χ1v) is 7.95. The number of amides is 2. The number of nitrogens with one attached hydrogen (secondary N) is 1. The van der Waals surface area contributed by atoms with Gasteiger partial charge in [0.1, 0.15) is 0 Å². The van der Waals surface area contributed by atoms with Crippen LogP contribution in [0.4, 0.5) is 5.69 Å². The maximum atomic E-state index is 12.1. The van der Waals surface area contributed by atoms with Gasteiger partial charge in [-0.15, -0.1) is 0 Å². The number of benzene rings is 1. The molecule has 22 heavy (non-hydrogen) atoms.